The maximum absolute atomic E-state index is 13.5. The predicted octanol–water partition coefficient (Wildman–Crippen LogP) is 5.05. The Hall–Kier alpha value is -1.45. The lowest BCUT2D eigenvalue weighted by Gasteiger charge is -2.19. The summed E-state index contributed by atoms with van der Waals surface area (Å²) in [6, 6.07) is 9.92. The van der Waals surface area contributed by atoms with Gasteiger partial charge in [-0.1, -0.05) is 49.7 Å². The third-order valence-corrected chi connectivity index (χ3v) is 3.90. The maximum atomic E-state index is 13.5. The van der Waals surface area contributed by atoms with E-state index in [-0.39, 0.29) is 11.1 Å². The van der Waals surface area contributed by atoms with Gasteiger partial charge in [0.25, 0.3) is 0 Å². The van der Waals surface area contributed by atoms with Crippen molar-refractivity contribution in [3.8, 4) is 0 Å². The number of rotatable bonds is 4. The first-order valence-electron chi connectivity index (χ1n) is 6.85. The van der Waals surface area contributed by atoms with Crippen LogP contribution in [0.2, 0.25) is 5.02 Å². The van der Waals surface area contributed by atoms with E-state index in [0.717, 1.165) is 17.7 Å². The molecule has 0 radical (unpaired) electrons. The van der Waals surface area contributed by atoms with Crippen LogP contribution in [0.1, 0.15) is 42.5 Å². The highest BCUT2D eigenvalue weighted by molar-refractivity contribution is 6.31. The minimum absolute atomic E-state index is 0.209. The van der Waals surface area contributed by atoms with Crippen molar-refractivity contribution in [2.75, 3.05) is 7.05 Å². The first kappa shape index (κ1) is 15.9. The molecule has 0 amide bonds. The third-order valence-electron chi connectivity index (χ3n) is 3.58. The Bertz CT molecular complexity index is 623. The Balaban J connectivity index is 2.42. The SMILES string of the molecule is CNC(c1ccc(C(C)C)cc1)c1cc(F)c(F)cc1Cl. The Morgan fingerprint density at radius 2 is 1.48 bits per heavy atom. The van der Waals surface area contributed by atoms with Crippen molar-refractivity contribution in [3.63, 3.8) is 0 Å². The van der Waals surface area contributed by atoms with Crippen LogP contribution in [-0.4, -0.2) is 7.05 Å². The summed E-state index contributed by atoms with van der Waals surface area (Å²) in [6.07, 6.45) is 0. The molecule has 4 heteroatoms. The first-order chi connectivity index (χ1) is 9.93. The van der Waals surface area contributed by atoms with E-state index < -0.39 is 11.6 Å². The van der Waals surface area contributed by atoms with Crippen LogP contribution in [0.4, 0.5) is 8.78 Å². The average molecular weight is 310 g/mol. The monoisotopic (exact) mass is 309 g/mol. The van der Waals surface area contributed by atoms with Gasteiger partial charge < -0.3 is 5.32 Å². The van der Waals surface area contributed by atoms with Gasteiger partial charge in [-0.15, -0.1) is 0 Å². The van der Waals surface area contributed by atoms with Gasteiger partial charge in [-0.25, -0.2) is 8.78 Å². The predicted molar refractivity (Wildman–Crippen MR) is 82.8 cm³/mol. The molecule has 21 heavy (non-hydrogen) atoms. The zero-order valence-corrected chi connectivity index (χ0v) is 13.0. The van der Waals surface area contributed by atoms with Crippen LogP contribution in [0.25, 0.3) is 0 Å². The van der Waals surface area contributed by atoms with Crippen LogP contribution in [0.3, 0.4) is 0 Å². The molecule has 2 aromatic carbocycles. The Labute approximate surface area is 128 Å². The molecule has 0 saturated heterocycles. The zero-order valence-electron chi connectivity index (χ0n) is 12.3. The van der Waals surface area contributed by atoms with Gasteiger partial charge in [0, 0.05) is 5.02 Å². The fourth-order valence-corrected chi connectivity index (χ4v) is 2.59. The number of hydrogen-bond donors (Lipinski definition) is 1. The normalized spacial score (nSPS) is 12.7. The molecule has 0 fully saturated rings. The molecule has 0 aliphatic rings. The summed E-state index contributed by atoms with van der Waals surface area (Å²) < 4.78 is 26.7. The van der Waals surface area contributed by atoms with Crippen molar-refractivity contribution in [1.29, 1.82) is 0 Å². The molecule has 1 N–H and O–H groups in total. The van der Waals surface area contributed by atoms with Gasteiger partial charge in [-0.05, 0) is 41.8 Å². The van der Waals surface area contributed by atoms with Crippen LogP contribution < -0.4 is 5.32 Å². The second kappa shape index (κ2) is 6.54. The molecule has 2 aromatic rings. The van der Waals surface area contributed by atoms with E-state index in [0.29, 0.717) is 11.5 Å². The molecule has 0 aromatic heterocycles. The Morgan fingerprint density at radius 1 is 0.952 bits per heavy atom. The summed E-state index contributed by atoms with van der Waals surface area (Å²) in [4.78, 5) is 0. The van der Waals surface area contributed by atoms with Crippen molar-refractivity contribution in [1.82, 2.24) is 5.32 Å². The first-order valence-corrected chi connectivity index (χ1v) is 7.23. The van der Waals surface area contributed by atoms with E-state index in [2.05, 4.69) is 19.2 Å². The van der Waals surface area contributed by atoms with Crippen molar-refractivity contribution >= 4 is 11.6 Å². The van der Waals surface area contributed by atoms with Gasteiger partial charge in [0.2, 0.25) is 0 Å². The fraction of sp³-hybridized carbons (Fsp3) is 0.294. The molecule has 0 bridgehead atoms. The van der Waals surface area contributed by atoms with E-state index in [1.54, 1.807) is 7.05 Å². The average Bonchev–Trinajstić information content (AvgIpc) is 2.45. The van der Waals surface area contributed by atoms with E-state index in [1.807, 2.05) is 24.3 Å². The molecule has 0 aliphatic carbocycles. The third kappa shape index (κ3) is 3.42. The molecule has 0 aliphatic heterocycles. The highest BCUT2D eigenvalue weighted by atomic mass is 35.5. The smallest absolute Gasteiger partial charge is 0.160 e. The largest absolute Gasteiger partial charge is 0.309 e. The second-order valence-corrected chi connectivity index (χ2v) is 5.74. The minimum atomic E-state index is -0.936. The molecule has 1 atom stereocenters. The fourth-order valence-electron chi connectivity index (χ4n) is 2.33. The summed E-state index contributed by atoms with van der Waals surface area (Å²) in [5.41, 5.74) is 2.70. The van der Waals surface area contributed by atoms with Crippen LogP contribution in [0.5, 0.6) is 0 Å². The molecule has 0 heterocycles. The van der Waals surface area contributed by atoms with E-state index >= 15 is 0 Å². The van der Waals surface area contributed by atoms with Gasteiger partial charge in [0.05, 0.1) is 6.04 Å². The lowest BCUT2D eigenvalue weighted by Crippen LogP contribution is -2.18. The summed E-state index contributed by atoms with van der Waals surface area (Å²) in [6.45, 7) is 4.24. The molecular weight excluding hydrogens is 292 g/mol. The van der Waals surface area contributed by atoms with E-state index in [9.17, 15) is 8.78 Å². The van der Waals surface area contributed by atoms with Gasteiger partial charge in [-0.3, -0.25) is 0 Å². The number of halogens is 3. The number of benzene rings is 2. The molecule has 0 spiro atoms. The van der Waals surface area contributed by atoms with Crippen LogP contribution in [0.15, 0.2) is 36.4 Å². The van der Waals surface area contributed by atoms with Crippen molar-refractivity contribution in [3.05, 3.63) is 69.7 Å². The highest BCUT2D eigenvalue weighted by Crippen LogP contribution is 2.30. The Morgan fingerprint density at radius 3 is 2.00 bits per heavy atom. The lowest BCUT2D eigenvalue weighted by atomic mass is 9.95. The molecular formula is C17H18ClF2N. The van der Waals surface area contributed by atoms with E-state index in [1.165, 1.54) is 5.56 Å². The van der Waals surface area contributed by atoms with Gasteiger partial charge in [0.15, 0.2) is 11.6 Å². The van der Waals surface area contributed by atoms with Gasteiger partial charge in [-0.2, -0.15) is 0 Å². The van der Waals surface area contributed by atoms with Gasteiger partial charge >= 0.3 is 0 Å². The maximum Gasteiger partial charge on any atom is 0.160 e. The number of nitrogens with one attached hydrogen (secondary N) is 1. The van der Waals surface area contributed by atoms with Crippen molar-refractivity contribution in [2.45, 2.75) is 25.8 Å². The second-order valence-electron chi connectivity index (χ2n) is 5.33. The summed E-state index contributed by atoms with van der Waals surface area (Å²) in [5.74, 6) is -1.39. The zero-order chi connectivity index (χ0) is 15.6. The van der Waals surface area contributed by atoms with E-state index in [4.69, 9.17) is 11.6 Å². The summed E-state index contributed by atoms with van der Waals surface area (Å²) in [7, 11) is 1.76. The standard InChI is InChI=1S/C17H18ClF2N/c1-10(2)11-4-6-12(7-5-11)17(21-3)13-8-15(19)16(20)9-14(13)18/h4-10,17,21H,1-3H3. The molecule has 1 nitrogen and oxygen atoms in total. The lowest BCUT2D eigenvalue weighted by molar-refractivity contribution is 0.505. The topological polar surface area (TPSA) is 12.0 Å². The van der Waals surface area contributed by atoms with Gasteiger partial charge in [0.1, 0.15) is 0 Å². The quantitative estimate of drug-likeness (QED) is 0.779. The van der Waals surface area contributed by atoms with Crippen molar-refractivity contribution < 1.29 is 8.78 Å². The van der Waals surface area contributed by atoms with Crippen LogP contribution >= 0.6 is 11.6 Å². The molecule has 112 valence electrons. The van der Waals surface area contributed by atoms with Crippen LogP contribution in [-0.2, 0) is 0 Å². The highest BCUT2D eigenvalue weighted by Gasteiger charge is 2.18. The molecule has 0 saturated carbocycles. The molecule has 2 rings (SSSR count). The summed E-state index contributed by atoms with van der Waals surface area (Å²) >= 11 is 6.06. The molecule has 1 unspecified atom stereocenters. The van der Waals surface area contributed by atoms with Crippen LogP contribution in [0, 0.1) is 11.6 Å². The minimum Gasteiger partial charge on any atom is -0.309 e. The Kier molecular flexibility index (Phi) is 4.96. The van der Waals surface area contributed by atoms with Crippen molar-refractivity contribution in [2.24, 2.45) is 0 Å². The summed E-state index contributed by atoms with van der Waals surface area (Å²) in [5, 5.41) is 3.31. The number of hydrogen-bond acceptors (Lipinski definition) is 1.